The van der Waals surface area contributed by atoms with Crippen molar-refractivity contribution in [2.75, 3.05) is 23.7 Å². The second-order valence-corrected chi connectivity index (χ2v) is 5.47. The number of nitrogens with one attached hydrogen (secondary N) is 2. The molecule has 98 valence electrons. The van der Waals surface area contributed by atoms with Crippen molar-refractivity contribution in [1.82, 2.24) is 0 Å². The van der Waals surface area contributed by atoms with Gasteiger partial charge in [-0.15, -0.1) is 0 Å². The molecule has 0 fully saturated rings. The van der Waals surface area contributed by atoms with Gasteiger partial charge in [-0.1, -0.05) is 0 Å². The number of fused-ring (bicyclic) bond motifs is 1. The van der Waals surface area contributed by atoms with Crippen LogP contribution in [0.5, 0.6) is 0 Å². The molecule has 1 aromatic carbocycles. The zero-order valence-electron chi connectivity index (χ0n) is 11.2. The predicted octanol–water partition coefficient (Wildman–Crippen LogP) is 2.87. The van der Waals surface area contributed by atoms with E-state index in [4.69, 9.17) is 4.74 Å². The van der Waals surface area contributed by atoms with Gasteiger partial charge >= 0.3 is 5.97 Å². The van der Waals surface area contributed by atoms with Crippen LogP contribution in [0.3, 0.4) is 0 Å². The average molecular weight is 248 g/mol. The van der Waals surface area contributed by atoms with Crippen molar-refractivity contribution >= 4 is 17.3 Å². The number of ether oxygens (including phenoxy) is 1. The van der Waals surface area contributed by atoms with Gasteiger partial charge in [0.15, 0.2) is 0 Å². The highest BCUT2D eigenvalue weighted by atomic mass is 16.6. The molecular weight excluding hydrogens is 228 g/mol. The minimum absolute atomic E-state index is 0.281. The van der Waals surface area contributed by atoms with E-state index in [1.807, 2.05) is 32.9 Å². The van der Waals surface area contributed by atoms with Crippen LogP contribution in [-0.4, -0.2) is 24.7 Å². The van der Waals surface area contributed by atoms with Crippen LogP contribution in [-0.2, 0) is 4.74 Å². The Hall–Kier alpha value is -1.71. The van der Waals surface area contributed by atoms with Crippen LogP contribution < -0.4 is 10.6 Å². The Kier molecular flexibility index (Phi) is 3.45. The van der Waals surface area contributed by atoms with Gasteiger partial charge in [0, 0.05) is 13.1 Å². The van der Waals surface area contributed by atoms with Crippen LogP contribution in [0.25, 0.3) is 0 Å². The Morgan fingerprint density at radius 2 is 1.83 bits per heavy atom. The molecule has 1 aliphatic rings. The van der Waals surface area contributed by atoms with Crippen LogP contribution in [0.4, 0.5) is 11.4 Å². The lowest BCUT2D eigenvalue weighted by Gasteiger charge is -2.20. The van der Waals surface area contributed by atoms with Crippen LogP contribution in [0.15, 0.2) is 18.2 Å². The lowest BCUT2D eigenvalue weighted by molar-refractivity contribution is 0.00696. The highest BCUT2D eigenvalue weighted by Gasteiger charge is 2.19. The van der Waals surface area contributed by atoms with E-state index in [2.05, 4.69) is 10.6 Å². The van der Waals surface area contributed by atoms with Gasteiger partial charge in [0.05, 0.1) is 16.9 Å². The topological polar surface area (TPSA) is 50.4 Å². The standard InChI is InChI=1S/C14H20N2O2/c1-14(2,3)18-13(17)10-5-6-11-12(9-10)16-8-4-7-15-11/h5-6,9,15-16H,4,7-8H2,1-3H3. The summed E-state index contributed by atoms with van der Waals surface area (Å²) in [5, 5.41) is 6.64. The van der Waals surface area contributed by atoms with Gasteiger partial charge in [-0.3, -0.25) is 0 Å². The first-order valence-corrected chi connectivity index (χ1v) is 6.31. The lowest BCUT2D eigenvalue weighted by atomic mass is 10.1. The minimum atomic E-state index is -0.463. The molecule has 0 saturated heterocycles. The van der Waals surface area contributed by atoms with Crippen LogP contribution in [0.1, 0.15) is 37.6 Å². The fraction of sp³-hybridized carbons (Fsp3) is 0.500. The van der Waals surface area contributed by atoms with Gasteiger partial charge in [0.2, 0.25) is 0 Å². The van der Waals surface area contributed by atoms with E-state index in [1.54, 1.807) is 6.07 Å². The zero-order chi connectivity index (χ0) is 13.2. The Morgan fingerprint density at radius 3 is 2.50 bits per heavy atom. The summed E-state index contributed by atoms with van der Waals surface area (Å²) in [6.45, 7) is 7.47. The summed E-state index contributed by atoms with van der Waals surface area (Å²) in [5.41, 5.74) is 2.13. The second kappa shape index (κ2) is 4.88. The molecule has 0 aromatic heterocycles. The molecule has 0 bridgehead atoms. The van der Waals surface area contributed by atoms with Gasteiger partial charge in [0.1, 0.15) is 5.60 Å². The summed E-state index contributed by atoms with van der Waals surface area (Å²) in [7, 11) is 0. The lowest BCUT2D eigenvalue weighted by Crippen LogP contribution is -2.23. The van der Waals surface area contributed by atoms with E-state index in [9.17, 15) is 4.79 Å². The number of hydrogen-bond acceptors (Lipinski definition) is 4. The first kappa shape index (κ1) is 12.7. The molecule has 0 aliphatic carbocycles. The Labute approximate surface area is 108 Å². The van der Waals surface area contributed by atoms with Crippen molar-refractivity contribution < 1.29 is 9.53 Å². The predicted molar refractivity (Wildman–Crippen MR) is 73.2 cm³/mol. The molecule has 1 heterocycles. The van der Waals surface area contributed by atoms with E-state index in [1.165, 1.54) is 0 Å². The third-order valence-corrected chi connectivity index (χ3v) is 2.64. The number of rotatable bonds is 1. The molecule has 0 amide bonds. The van der Waals surface area contributed by atoms with Crippen molar-refractivity contribution in [1.29, 1.82) is 0 Å². The van der Waals surface area contributed by atoms with Crippen LogP contribution in [0.2, 0.25) is 0 Å². The van der Waals surface area contributed by atoms with Gasteiger partial charge in [-0.05, 0) is 45.4 Å². The second-order valence-electron chi connectivity index (χ2n) is 5.47. The van der Waals surface area contributed by atoms with Crippen LogP contribution in [0, 0.1) is 0 Å². The summed E-state index contributed by atoms with van der Waals surface area (Å²) in [5.74, 6) is -0.281. The third-order valence-electron chi connectivity index (χ3n) is 2.64. The summed E-state index contributed by atoms with van der Waals surface area (Å²) >= 11 is 0. The van der Waals surface area contributed by atoms with Crippen molar-refractivity contribution in [2.45, 2.75) is 32.8 Å². The van der Waals surface area contributed by atoms with E-state index in [-0.39, 0.29) is 5.97 Å². The average Bonchev–Trinajstić information content (AvgIpc) is 2.50. The molecule has 1 aromatic rings. The molecule has 2 N–H and O–H groups in total. The summed E-state index contributed by atoms with van der Waals surface area (Å²) in [6, 6.07) is 5.57. The molecular formula is C14H20N2O2. The quantitative estimate of drug-likeness (QED) is 0.750. The molecule has 0 saturated carbocycles. The number of benzene rings is 1. The first-order chi connectivity index (χ1) is 8.46. The monoisotopic (exact) mass is 248 g/mol. The number of carbonyl (C=O) groups is 1. The Morgan fingerprint density at radius 1 is 1.17 bits per heavy atom. The maximum atomic E-state index is 12.0. The van der Waals surface area contributed by atoms with Crippen molar-refractivity contribution in [3.8, 4) is 0 Å². The fourth-order valence-electron chi connectivity index (χ4n) is 1.84. The molecule has 1 aliphatic heterocycles. The van der Waals surface area contributed by atoms with Gasteiger partial charge in [-0.2, -0.15) is 0 Å². The van der Waals surface area contributed by atoms with Gasteiger partial charge in [0.25, 0.3) is 0 Å². The SMILES string of the molecule is CC(C)(C)OC(=O)c1ccc2c(c1)NCCCN2. The highest BCUT2D eigenvalue weighted by molar-refractivity contribution is 5.92. The molecule has 0 unspecified atom stereocenters. The summed E-state index contributed by atoms with van der Waals surface area (Å²) in [6.07, 6.45) is 1.07. The Bertz CT molecular complexity index is 450. The largest absolute Gasteiger partial charge is 0.456 e. The third kappa shape index (κ3) is 3.15. The number of carbonyl (C=O) groups excluding carboxylic acids is 1. The number of esters is 1. The molecule has 4 nitrogen and oxygen atoms in total. The minimum Gasteiger partial charge on any atom is -0.456 e. The maximum absolute atomic E-state index is 12.0. The fourth-order valence-corrected chi connectivity index (χ4v) is 1.84. The molecule has 4 heteroatoms. The van der Waals surface area contributed by atoms with Crippen LogP contribution >= 0.6 is 0 Å². The number of anilines is 2. The van der Waals surface area contributed by atoms with Gasteiger partial charge in [-0.25, -0.2) is 4.79 Å². The molecule has 0 radical (unpaired) electrons. The van der Waals surface area contributed by atoms with Crippen molar-refractivity contribution in [2.24, 2.45) is 0 Å². The van der Waals surface area contributed by atoms with Gasteiger partial charge < -0.3 is 15.4 Å². The molecule has 2 rings (SSSR count). The number of hydrogen-bond donors (Lipinski definition) is 2. The van der Waals surface area contributed by atoms with Crippen molar-refractivity contribution in [3.63, 3.8) is 0 Å². The maximum Gasteiger partial charge on any atom is 0.338 e. The van der Waals surface area contributed by atoms with E-state index < -0.39 is 5.60 Å². The van der Waals surface area contributed by atoms with Crippen molar-refractivity contribution in [3.05, 3.63) is 23.8 Å². The molecule has 0 spiro atoms. The van der Waals surface area contributed by atoms with E-state index in [0.717, 1.165) is 30.9 Å². The summed E-state index contributed by atoms with van der Waals surface area (Å²) < 4.78 is 5.36. The molecule has 18 heavy (non-hydrogen) atoms. The summed E-state index contributed by atoms with van der Waals surface area (Å²) in [4.78, 5) is 12.0. The first-order valence-electron chi connectivity index (χ1n) is 6.31. The van der Waals surface area contributed by atoms with E-state index in [0.29, 0.717) is 5.56 Å². The normalized spacial score (nSPS) is 14.8. The highest BCUT2D eigenvalue weighted by Crippen LogP contribution is 2.26. The van der Waals surface area contributed by atoms with E-state index >= 15 is 0 Å². The zero-order valence-corrected chi connectivity index (χ0v) is 11.2. The Balaban J connectivity index is 2.20. The molecule has 0 atom stereocenters. The smallest absolute Gasteiger partial charge is 0.338 e.